The second kappa shape index (κ2) is 12.3. The molecular formula is C32H42N2O8. The van der Waals surface area contributed by atoms with Crippen LogP contribution < -0.4 is 0 Å². The Labute approximate surface area is 246 Å². The number of hydrogen-bond acceptors (Lipinski definition) is 6. The van der Waals surface area contributed by atoms with Gasteiger partial charge in [0.05, 0.1) is 6.04 Å². The second-order valence-electron chi connectivity index (χ2n) is 12.7. The first kappa shape index (κ1) is 31.3. The summed E-state index contributed by atoms with van der Waals surface area (Å²) in [6, 6.07) is -2.05. The molecule has 4 aliphatic rings. The molecule has 10 heteroatoms. The summed E-state index contributed by atoms with van der Waals surface area (Å²) in [6.45, 7) is 8.47. The lowest BCUT2D eigenvalue weighted by atomic mass is 9.48. The quantitative estimate of drug-likeness (QED) is 0.225. The van der Waals surface area contributed by atoms with Crippen molar-refractivity contribution in [3.05, 3.63) is 47.6 Å². The van der Waals surface area contributed by atoms with Crippen molar-refractivity contribution in [1.29, 1.82) is 0 Å². The Kier molecular flexibility index (Phi) is 9.13. The third kappa shape index (κ3) is 5.80. The molecular weight excluding hydrogens is 540 g/mol. The van der Waals surface area contributed by atoms with Crippen LogP contribution >= 0.6 is 0 Å². The first-order chi connectivity index (χ1) is 19.8. The van der Waals surface area contributed by atoms with E-state index in [2.05, 4.69) is 13.8 Å². The smallest absolute Gasteiger partial charge is 0.331 e. The van der Waals surface area contributed by atoms with Gasteiger partial charge in [-0.25, -0.2) is 9.59 Å². The van der Waals surface area contributed by atoms with E-state index in [1.165, 1.54) is 11.0 Å². The Morgan fingerprint density at radius 3 is 2.38 bits per heavy atom. The van der Waals surface area contributed by atoms with E-state index >= 15 is 0 Å². The molecule has 10 nitrogen and oxygen atoms in total. The fourth-order valence-electron chi connectivity index (χ4n) is 7.95. The van der Waals surface area contributed by atoms with Crippen LogP contribution in [0.1, 0.15) is 72.6 Å². The maximum Gasteiger partial charge on any atom is 0.331 e. The summed E-state index contributed by atoms with van der Waals surface area (Å²) in [5.41, 5.74) is 0.0149. The van der Waals surface area contributed by atoms with Crippen LogP contribution in [0.25, 0.3) is 0 Å². The Morgan fingerprint density at radius 1 is 1.05 bits per heavy atom. The van der Waals surface area contributed by atoms with Crippen molar-refractivity contribution >= 4 is 29.7 Å². The molecule has 2 fully saturated rings. The van der Waals surface area contributed by atoms with Crippen LogP contribution in [0.2, 0.25) is 0 Å². The summed E-state index contributed by atoms with van der Waals surface area (Å²) in [7, 11) is 0. The van der Waals surface area contributed by atoms with Gasteiger partial charge in [-0.05, 0) is 43.6 Å². The number of esters is 1. The summed E-state index contributed by atoms with van der Waals surface area (Å²) in [6.07, 6.45) is 12.0. The standard InChI is InChI=1S/C32H42N2O8/c1-5-6-7-8-9-13-24(38)42-27-26(33-18-10-12-22(33)35)20-19-34(21(30(40)41)14-15-23(36)37)29(39)25(20)32(4)17-11-16-31(2,3)28(27)32/h5-9,13,21,26-28H,10-12,14-19H2,1-4H3,(H,36,37)(H,40,41)/b6-5+,8-7+,13-9+/t21-,26-,27-,28+,32+/m1/s1. The van der Waals surface area contributed by atoms with Crippen LogP contribution in [0, 0.1) is 16.7 Å². The number of carboxylic acid groups (broad SMARTS) is 2. The van der Waals surface area contributed by atoms with E-state index in [1.807, 2.05) is 26.0 Å². The molecule has 228 valence electrons. The molecule has 2 N–H and O–H groups in total. The molecule has 2 aliphatic carbocycles. The highest BCUT2D eigenvalue weighted by atomic mass is 16.5. The molecule has 0 radical (unpaired) electrons. The zero-order chi connectivity index (χ0) is 30.8. The minimum absolute atomic E-state index is 0.0576. The van der Waals surface area contributed by atoms with E-state index in [1.54, 1.807) is 23.1 Å². The fourth-order valence-corrected chi connectivity index (χ4v) is 7.95. The number of carboxylic acids is 2. The molecule has 2 amide bonds. The summed E-state index contributed by atoms with van der Waals surface area (Å²) in [4.78, 5) is 67.3. The Balaban J connectivity index is 1.83. The Hall–Kier alpha value is -3.69. The van der Waals surface area contributed by atoms with Crippen LogP contribution in [0.15, 0.2) is 47.6 Å². The number of aliphatic carboxylic acids is 2. The van der Waals surface area contributed by atoms with E-state index in [0.29, 0.717) is 37.0 Å². The fraction of sp³-hybridized carbons (Fsp3) is 0.594. The lowest BCUT2D eigenvalue weighted by Crippen LogP contribution is -2.62. The maximum atomic E-state index is 14.2. The number of hydrogen-bond donors (Lipinski definition) is 2. The van der Waals surface area contributed by atoms with Crippen LogP contribution in [0.3, 0.4) is 0 Å². The molecule has 2 aliphatic heterocycles. The number of ether oxygens (including phenoxy) is 1. The summed E-state index contributed by atoms with van der Waals surface area (Å²) < 4.78 is 6.28. The van der Waals surface area contributed by atoms with Crippen LogP contribution in [0.5, 0.6) is 0 Å². The zero-order valence-corrected chi connectivity index (χ0v) is 24.9. The van der Waals surface area contributed by atoms with E-state index in [9.17, 15) is 34.2 Å². The largest absolute Gasteiger partial charge is 0.481 e. The number of rotatable bonds is 10. The number of carbonyl (C=O) groups is 5. The van der Waals surface area contributed by atoms with E-state index in [0.717, 1.165) is 12.8 Å². The molecule has 42 heavy (non-hydrogen) atoms. The predicted molar refractivity (Wildman–Crippen MR) is 154 cm³/mol. The molecule has 0 aromatic rings. The number of fused-ring (bicyclic) bond motifs is 2. The molecule has 0 aromatic heterocycles. The zero-order valence-electron chi connectivity index (χ0n) is 24.9. The van der Waals surface area contributed by atoms with Gasteiger partial charge in [0, 0.05) is 48.9 Å². The number of nitrogens with zero attached hydrogens (tertiary/aromatic N) is 2. The topological polar surface area (TPSA) is 142 Å². The highest BCUT2D eigenvalue weighted by molar-refractivity contribution is 6.01. The monoisotopic (exact) mass is 582 g/mol. The second-order valence-corrected chi connectivity index (χ2v) is 12.7. The maximum absolute atomic E-state index is 14.2. The summed E-state index contributed by atoms with van der Waals surface area (Å²) in [5, 5.41) is 19.3. The van der Waals surface area contributed by atoms with Crippen molar-refractivity contribution in [2.45, 2.75) is 90.8 Å². The number of carbonyl (C=O) groups excluding carboxylic acids is 3. The van der Waals surface area contributed by atoms with Gasteiger partial charge >= 0.3 is 17.9 Å². The van der Waals surface area contributed by atoms with Crippen molar-refractivity contribution in [3.63, 3.8) is 0 Å². The SMILES string of the molecule is C/C=C/C=C/C=C/C(=O)O[C@@H]1[C@H](N2CCCC2=O)C2=C(C(=O)N([C@H](CCC(=O)O)C(=O)O)C2)[C@]2(C)CCCC(C)(C)[C@H]12. The molecule has 2 heterocycles. The van der Waals surface area contributed by atoms with Gasteiger partial charge in [0.25, 0.3) is 5.91 Å². The Bertz CT molecular complexity index is 1260. The van der Waals surface area contributed by atoms with Crippen LogP contribution in [-0.4, -0.2) is 81.0 Å². The van der Waals surface area contributed by atoms with Gasteiger partial charge in [-0.2, -0.15) is 0 Å². The lowest BCUT2D eigenvalue weighted by Gasteiger charge is -2.58. The molecule has 1 saturated carbocycles. The molecule has 0 spiro atoms. The lowest BCUT2D eigenvalue weighted by molar-refractivity contribution is -0.168. The predicted octanol–water partition coefficient (Wildman–Crippen LogP) is 3.88. The van der Waals surface area contributed by atoms with Crippen molar-refractivity contribution in [3.8, 4) is 0 Å². The number of allylic oxidation sites excluding steroid dienone is 5. The third-order valence-electron chi connectivity index (χ3n) is 9.50. The van der Waals surface area contributed by atoms with Gasteiger partial charge in [-0.3, -0.25) is 14.4 Å². The van der Waals surface area contributed by atoms with E-state index in [-0.39, 0.29) is 30.2 Å². The summed E-state index contributed by atoms with van der Waals surface area (Å²) in [5.74, 6) is -3.82. The third-order valence-corrected chi connectivity index (χ3v) is 9.50. The molecule has 4 rings (SSSR count). The Morgan fingerprint density at radius 2 is 1.76 bits per heavy atom. The van der Waals surface area contributed by atoms with Gasteiger partial charge in [-0.15, -0.1) is 0 Å². The number of amides is 2. The molecule has 1 saturated heterocycles. The van der Waals surface area contributed by atoms with Crippen molar-refractivity contribution < 1.29 is 38.9 Å². The van der Waals surface area contributed by atoms with E-state index < -0.39 is 53.8 Å². The average Bonchev–Trinajstić information content (AvgIpc) is 3.46. The molecule has 0 aromatic carbocycles. The van der Waals surface area contributed by atoms with Gasteiger partial charge < -0.3 is 24.7 Å². The minimum Gasteiger partial charge on any atom is -0.481 e. The normalized spacial score (nSPS) is 30.0. The van der Waals surface area contributed by atoms with Crippen LogP contribution in [0.4, 0.5) is 0 Å². The minimum atomic E-state index is -1.33. The molecule has 0 unspecified atom stereocenters. The first-order valence-electron chi connectivity index (χ1n) is 14.8. The number of likely N-dealkylation sites (tertiary alicyclic amines) is 1. The summed E-state index contributed by atoms with van der Waals surface area (Å²) >= 11 is 0. The molecule has 0 bridgehead atoms. The van der Waals surface area contributed by atoms with Crippen molar-refractivity contribution in [2.75, 3.05) is 13.1 Å². The van der Waals surface area contributed by atoms with Gasteiger partial charge in [0.2, 0.25) is 5.91 Å². The van der Waals surface area contributed by atoms with E-state index in [4.69, 9.17) is 4.74 Å². The average molecular weight is 583 g/mol. The van der Waals surface area contributed by atoms with Gasteiger partial charge in [0.1, 0.15) is 12.1 Å². The van der Waals surface area contributed by atoms with Gasteiger partial charge in [0.15, 0.2) is 0 Å². The van der Waals surface area contributed by atoms with Crippen molar-refractivity contribution in [1.82, 2.24) is 9.80 Å². The highest BCUT2D eigenvalue weighted by Crippen LogP contribution is 2.62. The van der Waals surface area contributed by atoms with Gasteiger partial charge in [-0.1, -0.05) is 57.6 Å². The first-order valence-corrected chi connectivity index (χ1v) is 14.8. The molecule has 5 atom stereocenters. The van der Waals surface area contributed by atoms with Crippen molar-refractivity contribution in [2.24, 2.45) is 16.7 Å². The van der Waals surface area contributed by atoms with Crippen LogP contribution in [-0.2, 0) is 28.7 Å². The highest BCUT2D eigenvalue weighted by Gasteiger charge is 2.64.